The van der Waals surface area contributed by atoms with Gasteiger partial charge in [-0.05, 0) is 56.0 Å². The van der Waals surface area contributed by atoms with Crippen molar-refractivity contribution in [1.29, 1.82) is 0 Å². The highest BCUT2D eigenvalue weighted by Gasteiger charge is 2.39. The van der Waals surface area contributed by atoms with E-state index in [4.69, 9.17) is 8.92 Å². The van der Waals surface area contributed by atoms with Crippen LogP contribution in [0.3, 0.4) is 0 Å². The Kier molecular flexibility index (Phi) is 9.01. The number of piperidine rings is 1. The summed E-state index contributed by atoms with van der Waals surface area (Å²) in [6, 6.07) is 11.5. The molecule has 0 radical (unpaired) electrons. The zero-order valence-electron chi connectivity index (χ0n) is 20.6. The Morgan fingerprint density at radius 2 is 1.78 bits per heavy atom. The van der Waals surface area contributed by atoms with Crippen LogP contribution in [0, 0.1) is 6.92 Å². The number of aryl methyl sites for hydroxylation is 1. The van der Waals surface area contributed by atoms with Gasteiger partial charge in [0.15, 0.2) is 0 Å². The average Bonchev–Trinajstić information content (AvgIpc) is 3.20. The Labute approximate surface area is 221 Å². The smallest absolute Gasteiger partial charge is 0.296 e. The van der Waals surface area contributed by atoms with Crippen molar-refractivity contribution in [2.24, 2.45) is 0 Å². The number of nitrogens with one attached hydrogen (secondary N) is 1. The number of hydrogen-bond acceptors (Lipinski definition) is 8. The number of carbonyl (C=O) groups is 3. The molecule has 3 amide bonds. The van der Waals surface area contributed by atoms with Gasteiger partial charge >= 0.3 is 0 Å². The van der Waals surface area contributed by atoms with Crippen molar-refractivity contribution < 1.29 is 31.7 Å². The second-order valence-corrected chi connectivity index (χ2v) is 11.7. The molecule has 0 spiro atoms. The van der Waals surface area contributed by atoms with Crippen LogP contribution in [0.15, 0.2) is 52.3 Å². The van der Waals surface area contributed by atoms with Gasteiger partial charge in [0.25, 0.3) is 16.0 Å². The van der Waals surface area contributed by atoms with E-state index in [-0.39, 0.29) is 29.7 Å². The zero-order valence-corrected chi connectivity index (χ0v) is 22.2. The third kappa shape index (κ3) is 6.78. The molecule has 0 aromatic heterocycles. The van der Waals surface area contributed by atoms with Crippen LogP contribution >= 0.6 is 11.8 Å². The van der Waals surface area contributed by atoms with Crippen molar-refractivity contribution in [3.63, 3.8) is 0 Å². The molecule has 1 saturated heterocycles. The van der Waals surface area contributed by atoms with E-state index in [1.54, 1.807) is 34.9 Å². The van der Waals surface area contributed by atoms with Gasteiger partial charge in [-0.3, -0.25) is 23.9 Å². The van der Waals surface area contributed by atoms with Crippen LogP contribution in [0.5, 0.6) is 0 Å². The molecule has 2 heterocycles. The van der Waals surface area contributed by atoms with Gasteiger partial charge in [-0.15, -0.1) is 11.8 Å². The van der Waals surface area contributed by atoms with Crippen LogP contribution in [0.25, 0.3) is 0 Å². The van der Waals surface area contributed by atoms with E-state index >= 15 is 0 Å². The number of thioether (sulfide) groups is 1. The van der Waals surface area contributed by atoms with E-state index in [2.05, 4.69) is 5.32 Å². The predicted molar refractivity (Wildman–Crippen MR) is 138 cm³/mol. The molecule has 37 heavy (non-hydrogen) atoms. The van der Waals surface area contributed by atoms with Gasteiger partial charge < -0.3 is 9.64 Å². The summed E-state index contributed by atoms with van der Waals surface area (Å²) in [5.41, 5.74) is 2.49. The summed E-state index contributed by atoms with van der Waals surface area (Å²) in [5, 5.41) is 2.32. The molecule has 1 unspecified atom stereocenters. The lowest BCUT2D eigenvalue weighted by molar-refractivity contribution is -0.136. The molecule has 2 aliphatic heterocycles. The molecule has 2 aliphatic rings. The summed E-state index contributed by atoms with van der Waals surface area (Å²) in [5.74, 6) is -0.117. The molecule has 198 valence electrons. The maximum Gasteiger partial charge on any atom is 0.296 e. The van der Waals surface area contributed by atoms with Crippen molar-refractivity contribution in [2.75, 3.05) is 25.6 Å². The van der Waals surface area contributed by atoms with Crippen molar-refractivity contribution in [2.45, 2.75) is 55.0 Å². The highest BCUT2D eigenvalue weighted by molar-refractivity contribution is 7.99. The molecule has 4 rings (SSSR count). The molecular formula is C26H30N2O7S2. The summed E-state index contributed by atoms with van der Waals surface area (Å²) < 4.78 is 35.0. The summed E-state index contributed by atoms with van der Waals surface area (Å²) in [7, 11) is -3.76. The molecule has 0 bridgehead atoms. The van der Waals surface area contributed by atoms with E-state index in [0.717, 1.165) is 28.2 Å². The Hall–Kier alpha value is -2.73. The summed E-state index contributed by atoms with van der Waals surface area (Å²) in [6.07, 6.45) is 1.81. The molecule has 1 atom stereocenters. The number of ether oxygens (including phenoxy) is 1. The number of nitrogens with zero attached hydrogens (tertiary/aromatic N) is 1. The molecule has 1 N–H and O–H groups in total. The number of amides is 3. The third-order valence-electron chi connectivity index (χ3n) is 6.21. The van der Waals surface area contributed by atoms with Crippen LogP contribution in [-0.4, -0.2) is 62.7 Å². The predicted octanol–water partition coefficient (Wildman–Crippen LogP) is 3.05. The number of benzene rings is 2. The van der Waals surface area contributed by atoms with Gasteiger partial charge in [-0.2, -0.15) is 8.42 Å². The highest BCUT2D eigenvalue weighted by atomic mass is 32.2. The molecule has 0 saturated carbocycles. The Morgan fingerprint density at radius 1 is 1.03 bits per heavy atom. The third-order valence-corrected chi connectivity index (χ3v) is 8.72. The number of imide groups is 1. The van der Waals surface area contributed by atoms with E-state index in [1.807, 2.05) is 19.1 Å². The maximum atomic E-state index is 12.9. The topological polar surface area (TPSA) is 119 Å². The summed E-state index contributed by atoms with van der Waals surface area (Å²) in [6.45, 7) is 3.21. The number of fused-ring (bicyclic) bond motifs is 1. The maximum absolute atomic E-state index is 12.9. The molecule has 2 aromatic rings. The molecule has 0 aliphatic carbocycles. The first-order chi connectivity index (χ1) is 17.8. The number of hydrogen-bond donors (Lipinski definition) is 1. The molecule has 9 nitrogen and oxygen atoms in total. The second-order valence-electron chi connectivity index (χ2n) is 8.94. The average molecular weight is 547 g/mol. The fourth-order valence-corrected chi connectivity index (χ4v) is 6.19. The quantitative estimate of drug-likeness (QED) is 0.187. The van der Waals surface area contributed by atoms with Crippen LogP contribution < -0.4 is 5.32 Å². The minimum absolute atomic E-state index is 0.0544. The first kappa shape index (κ1) is 27.3. The largest absolute Gasteiger partial charge is 0.381 e. The fourth-order valence-electron chi connectivity index (χ4n) is 4.24. The van der Waals surface area contributed by atoms with Crippen LogP contribution in [0.4, 0.5) is 0 Å². The van der Waals surface area contributed by atoms with E-state index in [0.29, 0.717) is 38.2 Å². The minimum Gasteiger partial charge on any atom is -0.381 e. The number of carbonyl (C=O) groups excluding carboxylic acids is 3. The minimum atomic E-state index is -3.76. The van der Waals surface area contributed by atoms with Crippen molar-refractivity contribution in [3.8, 4) is 0 Å². The van der Waals surface area contributed by atoms with Crippen molar-refractivity contribution in [1.82, 2.24) is 10.2 Å². The van der Waals surface area contributed by atoms with Crippen molar-refractivity contribution in [3.05, 3.63) is 59.2 Å². The Bertz CT molecular complexity index is 1260. The van der Waals surface area contributed by atoms with Crippen LogP contribution in [-0.2, 0) is 35.2 Å². The lowest BCUT2D eigenvalue weighted by Crippen LogP contribution is -2.52. The zero-order chi connectivity index (χ0) is 26.4. The fraction of sp³-hybridized carbons (Fsp3) is 0.423. The monoisotopic (exact) mass is 546 g/mol. The van der Waals surface area contributed by atoms with Crippen molar-refractivity contribution >= 4 is 39.6 Å². The molecule has 2 aromatic carbocycles. The normalized spacial score (nSPS) is 17.7. The summed E-state index contributed by atoms with van der Waals surface area (Å²) >= 11 is 1.63. The standard InChI is InChI=1S/C26H30N2O7S2/c1-18-7-9-19(10-8-18)37(32,33)35-15-3-13-34-14-4-16-36-23-6-2-5-20-21(23)17-28(26(20)31)22-11-12-24(29)27-25(22)30/h2,5-10,22H,3-4,11-17H2,1H3,(H,27,29,30). The van der Waals surface area contributed by atoms with Gasteiger partial charge in [0, 0.05) is 42.4 Å². The lowest BCUT2D eigenvalue weighted by atomic mass is 10.0. The first-order valence-electron chi connectivity index (χ1n) is 12.2. The molecule has 11 heteroatoms. The highest BCUT2D eigenvalue weighted by Crippen LogP contribution is 2.34. The van der Waals surface area contributed by atoms with Gasteiger partial charge in [0.1, 0.15) is 6.04 Å². The van der Waals surface area contributed by atoms with Crippen LogP contribution in [0.2, 0.25) is 0 Å². The molecule has 1 fully saturated rings. The van der Waals surface area contributed by atoms with Gasteiger partial charge in [-0.25, -0.2) is 0 Å². The van der Waals surface area contributed by atoms with Gasteiger partial charge in [0.2, 0.25) is 11.8 Å². The van der Waals surface area contributed by atoms with E-state index in [9.17, 15) is 22.8 Å². The Morgan fingerprint density at radius 3 is 2.54 bits per heavy atom. The van der Waals surface area contributed by atoms with Gasteiger partial charge in [-0.1, -0.05) is 23.8 Å². The number of rotatable bonds is 12. The van der Waals surface area contributed by atoms with Crippen LogP contribution in [0.1, 0.15) is 47.2 Å². The van der Waals surface area contributed by atoms with E-state index in [1.165, 1.54) is 12.1 Å². The molecular weight excluding hydrogens is 516 g/mol. The SMILES string of the molecule is Cc1ccc(S(=O)(=O)OCCCOCCCSc2cccc3c2CN(C2CCC(=O)NC2=O)C3=O)cc1. The summed E-state index contributed by atoms with van der Waals surface area (Å²) in [4.78, 5) is 39.3. The lowest BCUT2D eigenvalue weighted by Gasteiger charge is -2.29. The Balaban J connectivity index is 1.16. The van der Waals surface area contributed by atoms with E-state index < -0.39 is 22.1 Å². The van der Waals surface area contributed by atoms with Gasteiger partial charge in [0.05, 0.1) is 11.5 Å². The second kappa shape index (κ2) is 12.2. The first-order valence-corrected chi connectivity index (χ1v) is 14.6.